The number of aromatic nitrogens is 2. The van der Waals surface area contributed by atoms with Crippen molar-refractivity contribution in [2.45, 2.75) is 41.5 Å². The van der Waals surface area contributed by atoms with Crippen molar-refractivity contribution in [3.63, 3.8) is 0 Å². The molecule has 0 saturated carbocycles. The zero-order valence-corrected chi connectivity index (χ0v) is 13.0. The minimum atomic E-state index is 0.335. The Kier molecular flexibility index (Phi) is 3.35. The molecule has 4 heteroatoms. The highest BCUT2D eigenvalue weighted by Gasteiger charge is 2.19. The van der Waals surface area contributed by atoms with E-state index in [1.807, 2.05) is 39.3 Å². The molecular weight excluding hydrogens is 260 g/mol. The van der Waals surface area contributed by atoms with E-state index in [1.165, 1.54) is 0 Å². The van der Waals surface area contributed by atoms with Crippen LogP contribution in [0.15, 0.2) is 0 Å². The Hall–Kier alpha value is -1.48. The third-order valence-electron chi connectivity index (χ3n) is 3.96. The van der Waals surface area contributed by atoms with Gasteiger partial charge in [0.05, 0.1) is 22.1 Å². The number of hydrogen-bond acceptors (Lipinski definition) is 2. The average Bonchev–Trinajstić information content (AvgIpc) is 2.62. The second-order valence-corrected chi connectivity index (χ2v) is 5.47. The van der Waals surface area contributed by atoms with Crippen LogP contribution in [0.3, 0.4) is 0 Å². The van der Waals surface area contributed by atoms with E-state index in [1.54, 1.807) is 0 Å². The fraction of sp³-hybridized carbons (Fsp3) is 0.400. The molecule has 3 nitrogen and oxygen atoms in total. The van der Waals surface area contributed by atoms with Crippen LogP contribution in [0, 0.1) is 41.5 Å². The molecular formula is C15H19ClN2O. The first-order valence-electron chi connectivity index (χ1n) is 6.28. The zero-order chi connectivity index (χ0) is 14.5. The van der Waals surface area contributed by atoms with Crippen molar-refractivity contribution in [3.05, 3.63) is 38.7 Å². The summed E-state index contributed by atoms with van der Waals surface area (Å²) in [7, 11) is 0. The van der Waals surface area contributed by atoms with Crippen LogP contribution in [0.25, 0.3) is 5.69 Å². The summed E-state index contributed by atoms with van der Waals surface area (Å²) < 4.78 is 1.83. The number of aromatic hydroxyl groups is 1. The van der Waals surface area contributed by atoms with Crippen LogP contribution in [-0.2, 0) is 0 Å². The molecule has 2 rings (SSSR count). The highest BCUT2D eigenvalue weighted by atomic mass is 35.5. The van der Waals surface area contributed by atoms with Gasteiger partial charge in [-0.2, -0.15) is 5.10 Å². The van der Waals surface area contributed by atoms with Gasteiger partial charge in [0.1, 0.15) is 5.75 Å². The van der Waals surface area contributed by atoms with Crippen molar-refractivity contribution in [2.24, 2.45) is 0 Å². The number of aryl methyl sites for hydroxylation is 1. The minimum Gasteiger partial charge on any atom is -0.507 e. The lowest BCUT2D eigenvalue weighted by atomic mass is 9.97. The molecule has 1 N–H and O–H groups in total. The standard InChI is InChI=1S/C15H19ClN2O/c1-7-8(2)14(10(4)15(19)9(7)3)18-12(6)13(16)11(5)17-18/h19H,1-6H3. The summed E-state index contributed by atoms with van der Waals surface area (Å²) in [5.41, 5.74) is 6.59. The molecule has 0 fully saturated rings. The van der Waals surface area contributed by atoms with E-state index in [4.69, 9.17) is 11.6 Å². The van der Waals surface area contributed by atoms with E-state index in [2.05, 4.69) is 12.0 Å². The van der Waals surface area contributed by atoms with Gasteiger partial charge in [-0.3, -0.25) is 0 Å². The molecule has 102 valence electrons. The van der Waals surface area contributed by atoms with Crippen LogP contribution in [-0.4, -0.2) is 14.9 Å². The van der Waals surface area contributed by atoms with E-state index in [-0.39, 0.29) is 0 Å². The van der Waals surface area contributed by atoms with Crippen LogP contribution < -0.4 is 0 Å². The molecule has 1 aromatic heterocycles. The van der Waals surface area contributed by atoms with Gasteiger partial charge in [-0.1, -0.05) is 11.6 Å². The molecule has 0 aliphatic heterocycles. The third-order valence-corrected chi connectivity index (χ3v) is 4.51. The molecule has 0 radical (unpaired) electrons. The van der Waals surface area contributed by atoms with E-state index >= 15 is 0 Å². The van der Waals surface area contributed by atoms with E-state index in [9.17, 15) is 5.11 Å². The molecule has 1 aromatic carbocycles. The van der Waals surface area contributed by atoms with Crippen molar-refractivity contribution in [3.8, 4) is 11.4 Å². The van der Waals surface area contributed by atoms with E-state index in [0.717, 1.165) is 39.3 Å². The normalized spacial score (nSPS) is 11.1. The third kappa shape index (κ3) is 1.93. The molecule has 19 heavy (non-hydrogen) atoms. The Balaban J connectivity index is 2.87. The summed E-state index contributed by atoms with van der Waals surface area (Å²) in [5.74, 6) is 0.335. The van der Waals surface area contributed by atoms with Crippen molar-refractivity contribution < 1.29 is 5.11 Å². The van der Waals surface area contributed by atoms with Gasteiger partial charge in [0.2, 0.25) is 0 Å². The lowest BCUT2D eigenvalue weighted by molar-refractivity contribution is 0.465. The average molecular weight is 279 g/mol. The maximum atomic E-state index is 10.2. The summed E-state index contributed by atoms with van der Waals surface area (Å²) in [6.07, 6.45) is 0. The predicted molar refractivity (Wildman–Crippen MR) is 78.7 cm³/mol. The molecule has 2 aromatic rings. The fourth-order valence-electron chi connectivity index (χ4n) is 2.47. The first-order valence-corrected chi connectivity index (χ1v) is 6.66. The summed E-state index contributed by atoms with van der Waals surface area (Å²) in [4.78, 5) is 0. The van der Waals surface area contributed by atoms with Gasteiger partial charge >= 0.3 is 0 Å². The maximum Gasteiger partial charge on any atom is 0.123 e. The van der Waals surface area contributed by atoms with Gasteiger partial charge < -0.3 is 5.11 Å². The second kappa shape index (κ2) is 4.57. The summed E-state index contributed by atoms with van der Waals surface area (Å²) in [6, 6.07) is 0. The first-order chi connectivity index (χ1) is 8.77. The van der Waals surface area contributed by atoms with Gasteiger partial charge in [-0.05, 0) is 58.2 Å². The van der Waals surface area contributed by atoms with Gasteiger partial charge in [0, 0.05) is 5.56 Å². The maximum absolute atomic E-state index is 10.2. The van der Waals surface area contributed by atoms with Crippen molar-refractivity contribution in [2.75, 3.05) is 0 Å². The van der Waals surface area contributed by atoms with E-state index in [0.29, 0.717) is 10.8 Å². The highest BCUT2D eigenvalue weighted by molar-refractivity contribution is 6.31. The number of benzene rings is 1. The number of halogens is 1. The molecule has 0 amide bonds. The Morgan fingerprint density at radius 2 is 1.47 bits per heavy atom. The van der Waals surface area contributed by atoms with Crippen LogP contribution >= 0.6 is 11.6 Å². The Morgan fingerprint density at radius 1 is 0.895 bits per heavy atom. The smallest absolute Gasteiger partial charge is 0.123 e. The Labute approximate surface area is 118 Å². The van der Waals surface area contributed by atoms with Gasteiger partial charge in [0.25, 0.3) is 0 Å². The second-order valence-electron chi connectivity index (χ2n) is 5.09. The Bertz CT molecular complexity index is 643. The minimum absolute atomic E-state index is 0.335. The molecule has 1 heterocycles. The molecule has 0 aliphatic carbocycles. The van der Waals surface area contributed by atoms with Gasteiger partial charge in [-0.25, -0.2) is 4.68 Å². The molecule has 0 unspecified atom stereocenters. The van der Waals surface area contributed by atoms with Crippen molar-refractivity contribution in [1.82, 2.24) is 9.78 Å². The van der Waals surface area contributed by atoms with Crippen LogP contribution in [0.1, 0.15) is 33.6 Å². The lowest BCUT2D eigenvalue weighted by Crippen LogP contribution is -2.07. The first kappa shape index (κ1) is 13.9. The summed E-state index contributed by atoms with van der Waals surface area (Å²) in [6.45, 7) is 11.7. The van der Waals surface area contributed by atoms with Crippen LogP contribution in [0.2, 0.25) is 5.02 Å². The van der Waals surface area contributed by atoms with E-state index < -0.39 is 0 Å². The lowest BCUT2D eigenvalue weighted by Gasteiger charge is -2.18. The monoisotopic (exact) mass is 278 g/mol. The number of rotatable bonds is 1. The molecule has 0 saturated heterocycles. The Morgan fingerprint density at radius 3 is 1.95 bits per heavy atom. The number of hydrogen-bond donors (Lipinski definition) is 1. The summed E-state index contributed by atoms with van der Waals surface area (Å²) in [5, 5.41) is 15.4. The highest BCUT2D eigenvalue weighted by Crippen LogP contribution is 2.35. The topological polar surface area (TPSA) is 38.0 Å². The van der Waals surface area contributed by atoms with Gasteiger partial charge in [0.15, 0.2) is 0 Å². The van der Waals surface area contributed by atoms with Crippen molar-refractivity contribution in [1.29, 1.82) is 0 Å². The predicted octanol–water partition coefficient (Wildman–Crippen LogP) is 4.08. The molecule has 0 spiro atoms. The fourth-order valence-corrected chi connectivity index (χ4v) is 2.59. The van der Waals surface area contributed by atoms with Crippen LogP contribution in [0.5, 0.6) is 5.75 Å². The van der Waals surface area contributed by atoms with Gasteiger partial charge in [-0.15, -0.1) is 0 Å². The number of phenols is 1. The SMILES string of the molecule is Cc1nn(-c2c(C)c(C)c(C)c(O)c2C)c(C)c1Cl. The molecule has 0 bridgehead atoms. The number of phenolic OH excluding ortho intramolecular Hbond substituents is 1. The van der Waals surface area contributed by atoms with Crippen molar-refractivity contribution >= 4 is 11.6 Å². The zero-order valence-electron chi connectivity index (χ0n) is 12.2. The van der Waals surface area contributed by atoms with Crippen LogP contribution in [0.4, 0.5) is 0 Å². The molecule has 0 atom stereocenters. The number of nitrogens with zero attached hydrogens (tertiary/aromatic N) is 2. The summed E-state index contributed by atoms with van der Waals surface area (Å²) >= 11 is 6.22. The molecule has 0 aliphatic rings. The largest absolute Gasteiger partial charge is 0.507 e. The quantitative estimate of drug-likeness (QED) is 0.853.